The lowest BCUT2D eigenvalue weighted by molar-refractivity contribution is -0.114. The summed E-state index contributed by atoms with van der Waals surface area (Å²) in [6, 6.07) is 5.60. The molecule has 0 fully saturated rings. The Hall–Kier alpha value is -2.50. The van der Waals surface area contributed by atoms with Gasteiger partial charge in [0.2, 0.25) is 5.91 Å². The van der Waals surface area contributed by atoms with Gasteiger partial charge in [0.1, 0.15) is 5.82 Å². The van der Waals surface area contributed by atoms with Crippen molar-refractivity contribution in [3.8, 4) is 16.9 Å². The van der Waals surface area contributed by atoms with E-state index in [0.29, 0.717) is 22.9 Å². The SMILES string of the molecule is CC(=O)Nc1cc(-c2cc(F)c(OCCCC(C)C)c(F)c2)ccn1. The summed E-state index contributed by atoms with van der Waals surface area (Å²) in [7, 11) is 0. The molecule has 0 saturated carbocycles. The van der Waals surface area contributed by atoms with Gasteiger partial charge in [-0.25, -0.2) is 13.8 Å². The Labute approximate surface area is 146 Å². The molecule has 2 rings (SSSR count). The highest BCUT2D eigenvalue weighted by atomic mass is 19.1. The number of nitrogens with zero attached hydrogens (tertiary/aromatic N) is 1. The number of benzene rings is 1. The van der Waals surface area contributed by atoms with Gasteiger partial charge in [0.15, 0.2) is 17.4 Å². The number of hydrogen-bond donors (Lipinski definition) is 1. The summed E-state index contributed by atoms with van der Waals surface area (Å²) in [5, 5.41) is 2.54. The molecule has 0 aliphatic carbocycles. The zero-order valence-electron chi connectivity index (χ0n) is 14.6. The highest BCUT2D eigenvalue weighted by Crippen LogP contribution is 2.30. The van der Waals surface area contributed by atoms with E-state index in [-0.39, 0.29) is 18.3 Å². The van der Waals surface area contributed by atoms with Crippen LogP contribution in [0.2, 0.25) is 0 Å². The molecule has 0 aliphatic rings. The van der Waals surface area contributed by atoms with E-state index in [9.17, 15) is 13.6 Å². The van der Waals surface area contributed by atoms with Gasteiger partial charge in [0.25, 0.3) is 0 Å². The molecule has 1 aromatic carbocycles. The summed E-state index contributed by atoms with van der Waals surface area (Å²) in [5.41, 5.74) is 0.890. The molecule has 0 bridgehead atoms. The topological polar surface area (TPSA) is 51.2 Å². The molecule has 1 N–H and O–H groups in total. The van der Waals surface area contributed by atoms with Crippen molar-refractivity contribution in [1.82, 2.24) is 4.98 Å². The maximum atomic E-state index is 14.2. The van der Waals surface area contributed by atoms with Crippen molar-refractivity contribution < 1.29 is 18.3 Å². The Bertz CT molecular complexity index is 725. The van der Waals surface area contributed by atoms with Crippen LogP contribution in [0.3, 0.4) is 0 Å². The molecule has 134 valence electrons. The summed E-state index contributed by atoms with van der Waals surface area (Å²) >= 11 is 0. The predicted molar refractivity (Wildman–Crippen MR) is 93.5 cm³/mol. The fourth-order valence-corrected chi connectivity index (χ4v) is 2.39. The van der Waals surface area contributed by atoms with Crippen molar-refractivity contribution in [1.29, 1.82) is 0 Å². The smallest absolute Gasteiger partial charge is 0.222 e. The van der Waals surface area contributed by atoms with Crippen LogP contribution in [0.25, 0.3) is 11.1 Å². The van der Waals surface area contributed by atoms with E-state index in [4.69, 9.17) is 4.74 Å². The van der Waals surface area contributed by atoms with Crippen LogP contribution in [0.4, 0.5) is 14.6 Å². The molecule has 6 heteroatoms. The number of amides is 1. The number of rotatable bonds is 7. The third kappa shape index (κ3) is 5.52. The van der Waals surface area contributed by atoms with E-state index < -0.39 is 11.6 Å². The lowest BCUT2D eigenvalue weighted by Gasteiger charge is -2.11. The van der Waals surface area contributed by atoms with Crippen molar-refractivity contribution in [2.45, 2.75) is 33.6 Å². The first-order valence-corrected chi connectivity index (χ1v) is 8.22. The van der Waals surface area contributed by atoms with Gasteiger partial charge in [-0.3, -0.25) is 4.79 Å². The van der Waals surface area contributed by atoms with Crippen molar-refractivity contribution >= 4 is 11.7 Å². The van der Waals surface area contributed by atoms with E-state index in [1.165, 1.54) is 25.3 Å². The minimum atomic E-state index is -0.752. The molecular weight excluding hydrogens is 326 g/mol. The average molecular weight is 348 g/mol. The molecule has 25 heavy (non-hydrogen) atoms. The van der Waals surface area contributed by atoms with E-state index in [0.717, 1.165) is 12.8 Å². The van der Waals surface area contributed by atoms with Gasteiger partial charge in [0.05, 0.1) is 6.61 Å². The van der Waals surface area contributed by atoms with Crippen molar-refractivity contribution in [2.75, 3.05) is 11.9 Å². The van der Waals surface area contributed by atoms with Crippen molar-refractivity contribution in [2.24, 2.45) is 5.92 Å². The lowest BCUT2D eigenvalue weighted by Crippen LogP contribution is -2.07. The van der Waals surface area contributed by atoms with Crippen LogP contribution in [-0.4, -0.2) is 17.5 Å². The molecule has 1 aromatic heterocycles. The molecule has 0 atom stereocenters. The summed E-state index contributed by atoms with van der Waals surface area (Å²) in [4.78, 5) is 15.1. The fraction of sp³-hybridized carbons (Fsp3) is 0.368. The molecular formula is C19H22F2N2O2. The number of carbonyl (C=O) groups is 1. The van der Waals surface area contributed by atoms with Crippen molar-refractivity contribution in [3.63, 3.8) is 0 Å². The fourth-order valence-electron chi connectivity index (χ4n) is 2.39. The van der Waals surface area contributed by atoms with Crippen molar-refractivity contribution in [3.05, 3.63) is 42.1 Å². The monoisotopic (exact) mass is 348 g/mol. The second-order valence-electron chi connectivity index (χ2n) is 6.26. The average Bonchev–Trinajstić information content (AvgIpc) is 2.52. The number of carbonyl (C=O) groups excluding carboxylic acids is 1. The van der Waals surface area contributed by atoms with Crippen LogP contribution in [0.5, 0.6) is 5.75 Å². The van der Waals surface area contributed by atoms with Gasteiger partial charge in [-0.2, -0.15) is 0 Å². The Morgan fingerprint density at radius 2 is 1.88 bits per heavy atom. The summed E-state index contributed by atoms with van der Waals surface area (Å²) < 4.78 is 33.8. The highest BCUT2D eigenvalue weighted by molar-refractivity contribution is 5.88. The molecule has 1 amide bonds. The van der Waals surface area contributed by atoms with E-state index in [2.05, 4.69) is 24.1 Å². The number of anilines is 1. The van der Waals surface area contributed by atoms with Crippen LogP contribution < -0.4 is 10.1 Å². The van der Waals surface area contributed by atoms with Gasteiger partial charge in [-0.15, -0.1) is 0 Å². The van der Waals surface area contributed by atoms with Gasteiger partial charge < -0.3 is 10.1 Å². The van der Waals surface area contributed by atoms with Gasteiger partial charge in [0, 0.05) is 13.1 Å². The van der Waals surface area contributed by atoms with Crippen LogP contribution >= 0.6 is 0 Å². The zero-order valence-corrected chi connectivity index (χ0v) is 14.6. The normalized spacial score (nSPS) is 10.8. The predicted octanol–water partition coefficient (Wildman–Crippen LogP) is 4.80. The summed E-state index contributed by atoms with van der Waals surface area (Å²) in [5.74, 6) is -1.30. The third-order valence-electron chi connectivity index (χ3n) is 3.57. The third-order valence-corrected chi connectivity index (χ3v) is 3.57. The van der Waals surface area contributed by atoms with Crippen LogP contribution in [0.15, 0.2) is 30.5 Å². The lowest BCUT2D eigenvalue weighted by atomic mass is 10.1. The van der Waals surface area contributed by atoms with Gasteiger partial charge in [-0.1, -0.05) is 13.8 Å². The second-order valence-corrected chi connectivity index (χ2v) is 6.26. The number of hydrogen-bond acceptors (Lipinski definition) is 3. The molecule has 4 nitrogen and oxygen atoms in total. The van der Waals surface area contributed by atoms with Crippen LogP contribution in [0, 0.1) is 17.6 Å². The number of ether oxygens (including phenoxy) is 1. The zero-order chi connectivity index (χ0) is 18.4. The van der Waals surface area contributed by atoms with Crippen LogP contribution in [0.1, 0.15) is 33.6 Å². The molecule has 0 spiro atoms. The summed E-state index contributed by atoms with van der Waals surface area (Å²) in [6.07, 6.45) is 3.14. The number of pyridine rings is 1. The van der Waals surface area contributed by atoms with Crippen LogP contribution in [-0.2, 0) is 4.79 Å². The van der Waals surface area contributed by atoms with Gasteiger partial charge >= 0.3 is 0 Å². The first-order chi connectivity index (χ1) is 11.9. The summed E-state index contributed by atoms with van der Waals surface area (Å²) in [6.45, 7) is 5.80. The quantitative estimate of drug-likeness (QED) is 0.731. The minimum Gasteiger partial charge on any atom is -0.488 e. The molecule has 1 heterocycles. The van der Waals surface area contributed by atoms with Gasteiger partial charge in [-0.05, 0) is 54.2 Å². The van der Waals surface area contributed by atoms with E-state index in [1.54, 1.807) is 12.1 Å². The molecule has 2 aromatic rings. The maximum Gasteiger partial charge on any atom is 0.222 e. The Morgan fingerprint density at radius 1 is 1.20 bits per heavy atom. The van der Waals surface area contributed by atoms with E-state index >= 15 is 0 Å². The number of nitrogens with one attached hydrogen (secondary N) is 1. The minimum absolute atomic E-state index is 0.271. The number of aromatic nitrogens is 1. The molecule has 0 radical (unpaired) electrons. The van der Waals surface area contributed by atoms with E-state index in [1.807, 2.05) is 0 Å². The largest absolute Gasteiger partial charge is 0.488 e. The first-order valence-electron chi connectivity index (χ1n) is 8.22. The number of halogens is 2. The Kier molecular flexibility index (Phi) is 6.44. The second kappa shape index (κ2) is 8.55. The highest BCUT2D eigenvalue weighted by Gasteiger charge is 2.14. The Morgan fingerprint density at radius 3 is 2.48 bits per heavy atom. The Balaban J connectivity index is 2.17. The first kappa shape index (κ1) is 18.8. The molecule has 0 aliphatic heterocycles. The standard InChI is InChI=1S/C19H22F2N2O2/c1-12(2)5-4-8-25-19-16(20)9-15(10-17(19)21)14-6-7-22-18(11-14)23-13(3)24/h6-7,9-12H,4-5,8H2,1-3H3,(H,22,23,24). The maximum absolute atomic E-state index is 14.2. The molecule has 0 saturated heterocycles. The molecule has 0 unspecified atom stereocenters.